The van der Waals surface area contributed by atoms with Crippen LogP contribution in [0.3, 0.4) is 0 Å². The number of carbonyl (C=O) groups excluding carboxylic acids is 1. The van der Waals surface area contributed by atoms with Crippen LogP contribution in [-0.2, 0) is 16.6 Å². The van der Waals surface area contributed by atoms with E-state index in [1.807, 2.05) is 19.9 Å². The summed E-state index contributed by atoms with van der Waals surface area (Å²) in [7, 11) is 3.71. The van der Waals surface area contributed by atoms with Crippen molar-refractivity contribution >= 4 is 5.78 Å². The van der Waals surface area contributed by atoms with Crippen LogP contribution < -0.4 is 9.47 Å². The third-order valence-corrected chi connectivity index (χ3v) is 6.85. The van der Waals surface area contributed by atoms with Crippen LogP contribution in [0.2, 0.25) is 0 Å². The van der Waals surface area contributed by atoms with Crippen molar-refractivity contribution in [3.63, 3.8) is 0 Å². The van der Waals surface area contributed by atoms with Crippen LogP contribution >= 0.6 is 0 Å². The number of Topliss-reactive ketones (excluding diaryl/α,β-unsaturated/α-hetero) is 1. The number of aliphatic hydroxyl groups is 1. The number of fused-ring (bicyclic) bond motifs is 1. The molecule has 1 aromatic rings. The largest absolute Gasteiger partial charge is 0.493 e. The maximum absolute atomic E-state index is 12.3. The summed E-state index contributed by atoms with van der Waals surface area (Å²) in [5, 5.41) is 11.7. The number of hydrogen-bond donors (Lipinski definition) is 1. The molecule has 1 N–H and O–H groups in total. The quantitative estimate of drug-likeness (QED) is 0.905. The van der Waals surface area contributed by atoms with E-state index in [1.54, 1.807) is 7.11 Å². The van der Waals surface area contributed by atoms with Gasteiger partial charge in [0.15, 0.2) is 11.5 Å². The minimum atomic E-state index is -0.955. The number of carbonyl (C=O) groups is 1. The summed E-state index contributed by atoms with van der Waals surface area (Å²) >= 11 is 0. The molecule has 1 fully saturated rings. The summed E-state index contributed by atoms with van der Waals surface area (Å²) in [6, 6.07) is 4.07. The Labute approximate surface area is 148 Å². The van der Waals surface area contributed by atoms with E-state index in [1.165, 1.54) is 5.56 Å². The standard InChI is InChI=1S/C20H27NO4/c1-5-13(22)11-16-20-8-9-21(3)15(19(20,2)23)10-12-6-7-14(24-4)18(25-16)17(12)20/h6-7,15-16,23H,5,8-11H2,1-4H3. The molecule has 1 aliphatic carbocycles. The Morgan fingerprint density at radius 1 is 1.48 bits per heavy atom. The number of likely N-dealkylation sites (tertiary alicyclic amines) is 1. The summed E-state index contributed by atoms with van der Waals surface area (Å²) in [5.41, 5.74) is 0.788. The third kappa shape index (κ3) is 1.99. The lowest BCUT2D eigenvalue weighted by molar-refractivity contribution is -0.152. The topological polar surface area (TPSA) is 59.0 Å². The fraction of sp³-hybridized carbons (Fsp3) is 0.650. The van der Waals surface area contributed by atoms with Crippen molar-refractivity contribution in [1.29, 1.82) is 0 Å². The molecule has 0 amide bonds. The van der Waals surface area contributed by atoms with Gasteiger partial charge in [0, 0.05) is 24.4 Å². The van der Waals surface area contributed by atoms with E-state index in [9.17, 15) is 9.90 Å². The average Bonchev–Trinajstić information content (AvgIpc) is 2.90. The lowest BCUT2D eigenvalue weighted by atomic mass is 9.53. The predicted octanol–water partition coefficient (Wildman–Crippen LogP) is 2.07. The van der Waals surface area contributed by atoms with E-state index in [4.69, 9.17) is 9.47 Å². The van der Waals surface area contributed by atoms with Gasteiger partial charge in [-0.15, -0.1) is 0 Å². The smallest absolute Gasteiger partial charge is 0.165 e. The monoisotopic (exact) mass is 345 g/mol. The lowest BCUT2D eigenvalue weighted by Gasteiger charge is -2.59. The van der Waals surface area contributed by atoms with E-state index in [0.29, 0.717) is 18.6 Å². The Hall–Kier alpha value is -1.59. The molecule has 0 saturated carbocycles. The number of ketones is 1. The first-order chi connectivity index (χ1) is 11.9. The first-order valence-electron chi connectivity index (χ1n) is 9.18. The highest BCUT2D eigenvalue weighted by atomic mass is 16.5. The average molecular weight is 345 g/mol. The van der Waals surface area contributed by atoms with Gasteiger partial charge in [-0.25, -0.2) is 0 Å². The summed E-state index contributed by atoms with van der Waals surface area (Å²) in [4.78, 5) is 14.5. The fourth-order valence-electron chi connectivity index (χ4n) is 5.43. The van der Waals surface area contributed by atoms with E-state index in [2.05, 4.69) is 18.0 Å². The summed E-state index contributed by atoms with van der Waals surface area (Å²) in [5.74, 6) is 1.60. The number of benzene rings is 1. The molecule has 4 atom stereocenters. The van der Waals surface area contributed by atoms with Crippen molar-refractivity contribution < 1.29 is 19.4 Å². The second kappa shape index (κ2) is 5.45. The van der Waals surface area contributed by atoms with Crippen LogP contribution in [0.4, 0.5) is 0 Å². The molecule has 1 saturated heterocycles. The van der Waals surface area contributed by atoms with Crippen LogP contribution in [0.1, 0.15) is 44.2 Å². The zero-order valence-corrected chi connectivity index (χ0v) is 15.5. The second-order valence-electron chi connectivity index (χ2n) is 7.90. The Balaban J connectivity index is 1.94. The second-order valence-corrected chi connectivity index (χ2v) is 7.90. The summed E-state index contributed by atoms with van der Waals surface area (Å²) in [6.45, 7) is 4.69. The Kier molecular flexibility index (Phi) is 3.68. The van der Waals surface area contributed by atoms with Crippen LogP contribution in [0.25, 0.3) is 0 Å². The van der Waals surface area contributed by atoms with Crippen LogP contribution in [0.5, 0.6) is 11.5 Å². The minimum absolute atomic E-state index is 0.0240. The van der Waals surface area contributed by atoms with Gasteiger partial charge in [-0.2, -0.15) is 0 Å². The molecule has 5 heteroatoms. The molecule has 5 nitrogen and oxygen atoms in total. The van der Waals surface area contributed by atoms with Gasteiger partial charge in [0.25, 0.3) is 0 Å². The Morgan fingerprint density at radius 2 is 2.24 bits per heavy atom. The van der Waals surface area contributed by atoms with Gasteiger partial charge in [0.2, 0.25) is 0 Å². The first kappa shape index (κ1) is 16.9. The van der Waals surface area contributed by atoms with Gasteiger partial charge in [-0.05, 0) is 45.0 Å². The van der Waals surface area contributed by atoms with Crippen molar-refractivity contribution in [3.05, 3.63) is 23.3 Å². The van der Waals surface area contributed by atoms with Crippen molar-refractivity contribution in [2.45, 2.75) is 62.7 Å². The molecule has 2 aliphatic heterocycles. The highest BCUT2D eigenvalue weighted by Crippen LogP contribution is 2.62. The van der Waals surface area contributed by atoms with Gasteiger partial charge < -0.3 is 19.5 Å². The lowest BCUT2D eigenvalue weighted by Crippen LogP contribution is -2.72. The predicted molar refractivity (Wildman–Crippen MR) is 94.4 cm³/mol. The maximum atomic E-state index is 12.3. The molecule has 2 bridgehead atoms. The van der Waals surface area contributed by atoms with E-state index in [-0.39, 0.29) is 17.9 Å². The van der Waals surface area contributed by atoms with Crippen LogP contribution in [0.15, 0.2) is 12.1 Å². The third-order valence-electron chi connectivity index (χ3n) is 6.85. The number of rotatable bonds is 4. The molecule has 1 spiro atoms. The number of hydrogen-bond acceptors (Lipinski definition) is 5. The molecule has 1 aromatic carbocycles. The van der Waals surface area contributed by atoms with Crippen molar-refractivity contribution in [3.8, 4) is 11.5 Å². The van der Waals surface area contributed by atoms with Crippen LogP contribution in [-0.4, -0.2) is 54.2 Å². The highest BCUT2D eigenvalue weighted by Gasteiger charge is 2.67. The number of methoxy groups -OCH3 is 1. The van der Waals surface area contributed by atoms with Crippen LogP contribution in [0, 0.1) is 0 Å². The molecule has 25 heavy (non-hydrogen) atoms. The zero-order chi connectivity index (χ0) is 18.0. The van der Waals surface area contributed by atoms with Crippen molar-refractivity contribution in [1.82, 2.24) is 4.90 Å². The molecule has 0 radical (unpaired) electrons. The molecular formula is C20H27NO4. The number of piperidine rings is 1. The fourth-order valence-corrected chi connectivity index (χ4v) is 5.43. The zero-order valence-electron chi connectivity index (χ0n) is 15.5. The van der Waals surface area contributed by atoms with Gasteiger partial charge in [-0.3, -0.25) is 4.79 Å². The Bertz CT molecular complexity index is 729. The van der Waals surface area contributed by atoms with Gasteiger partial charge in [0.1, 0.15) is 11.9 Å². The summed E-state index contributed by atoms with van der Waals surface area (Å²) < 4.78 is 11.9. The molecule has 4 rings (SSSR count). The molecular weight excluding hydrogens is 318 g/mol. The van der Waals surface area contributed by atoms with E-state index < -0.39 is 11.0 Å². The number of ether oxygens (including phenoxy) is 2. The molecule has 2 heterocycles. The SMILES string of the molecule is CCC(=O)CC1Oc2c(OC)ccc3c2C12CCN(C)C(C3)C2(C)O. The number of likely N-dealkylation sites (N-methyl/N-ethyl adjacent to an activating group) is 1. The normalized spacial score (nSPS) is 35.9. The molecule has 4 unspecified atom stereocenters. The Morgan fingerprint density at radius 3 is 2.92 bits per heavy atom. The maximum Gasteiger partial charge on any atom is 0.165 e. The summed E-state index contributed by atoms with van der Waals surface area (Å²) in [6.07, 6.45) is 2.05. The molecule has 136 valence electrons. The first-order valence-corrected chi connectivity index (χ1v) is 9.18. The molecule has 3 aliphatic rings. The van der Waals surface area contributed by atoms with E-state index in [0.717, 1.165) is 30.7 Å². The number of nitrogens with zero attached hydrogens (tertiary/aromatic N) is 1. The van der Waals surface area contributed by atoms with Gasteiger partial charge in [-0.1, -0.05) is 13.0 Å². The molecule has 0 aromatic heterocycles. The van der Waals surface area contributed by atoms with Crippen molar-refractivity contribution in [2.24, 2.45) is 0 Å². The van der Waals surface area contributed by atoms with Crippen molar-refractivity contribution in [2.75, 3.05) is 20.7 Å². The van der Waals surface area contributed by atoms with Gasteiger partial charge >= 0.3 is 0 Å². The highest BCUT2D eigenvalue weighted by molar-refractivity contribution is 5.79. The van der Waals surface area contributed by atoms with E-state index >= 15 is 0 Å². The minimum Gasteiger partial charge on any atom is -0.493 e. The van der Waals surface area contributed by atoms with Gasteiger partial charge in [0.05, 0.1) is 18.1 Å².